The van der Waals surface area contributed by atoms with Crippen LogP contribution in [0.4, 0.5) is 11.4 Å². The minimum Gasteiger partial charge on any atom is -0.351 e. The summed E-state index contributed by atoms with van der Waals surface area (Å²) in [4.78, 5) is 19.2. The van der Waals surface area contributed by atoms with Crippen LogP contribution in [-0.2, 0) is 4.79 Å². The lowest BCUT2D eigenvalue weighted by atomic mass is 9.96. The first-order chi connectivity index (χ1) is 19.1. The van der Waals surface area contributed by atoms with E-state index in [0.29, 0.717) is 15.2 Å². The summed E-state index contributed by atoms with van der Waals surface area (Å²) in [5, 5.41) is 8.17. The van der Waals surface area contributed by atoms with Gasteiger partial charge in [0.05, 0.1) is 33.5 Å². The van der Waals surface area contributed by atoms with Crippen LogP contribution in [0.5, 0.6) is 0 Å². The smallest absolute Gasteiger partial charge is 0.226 e. The highest BCUT2D eigenvalue weighted by Gasteiger charge is 2.42. The fourth-order valence-electron chi connectivity index (χ4n) is 5.29. The van der Waals surface area contributed by atoms with Crippen LogP contribution in [0.25, 0.3) is 5.69 Å². The molecule has 2 N–H and O–H groups in total. The summed E-state index contributed by atoms with van der Waals surface area (Å²) in [6, 6.07) is 19.3. The molecule has 1 aliphatic rings. The van der Waals surface area contributed by atoms with E-state index in [-0.39, 0.29) is 23.9 Å². The molecule has 4 aromatic rings. The Bertz CT molecular complexity index is 1600. The van der Waals surface area contributed by atoms with Gasteiger partial charge in [-0.2, -0.15) is 0 Å². The first kappa shape index (κ1) is 28.1. The predicted molar refractivity (Wildman–Crippen MR) is 168 cm³/mol. The second-order valence-corrected chi connectivity index (χ2v) is 11.5. The van der Waals surface area contributed by atoms with Crippen molar-refractivity contribution in [2.45, 2.75) is 46.7 Å². The van der Waals surface area contributed by atoms with Crippen LogP contribution in [0, 0.1) is 26.7 Å². The Labute approximate surface area is 250 Å². The Morgan fingerprint density at radius 2 is 1.82 bits per heavy atom. The topological polar surface area (TPSA) is 62.2 Å². The molecule has 40 heavy (non-hydrogen) atoms. The van der Waals surface area contributed by atoms with Gasteiger partial charge >= 0.3 is 0 Å². The Morgan fingerprint density at radius 1 is 1.05 bits per heavy atom. The van der Waals surface area contributed by atoms with E-state index in [2.05, 4.69) is 51.1 Å². The number of anilines is 2. The fraction of sp³-hybridized carbons (Fsp3) is 0.258. The molecule has 2 aromatic carbocycles. The SMILES string of the molecule is Cc1cc(N2C(=S)NC(c3ccccn3)C2c2cc(C)n(-c3cccc(Cl)c3Cl)c2C)ccc1NC(=O)C(C)C. The van der Waals surface area contributed by atoms with Gasteiger partial charge in [0, 0.05) is 34.9 Å². The van der Waals surface area contributed by atoms with E-state index in [1.807, 2.05) is 63.2 Å². The van der Waals surface area contributed by atoms with Gasteiger partial charge in [-0.05, 0) is 92.6 Å². The molecule has 0 bridgehead atoms. The number of thiocarbonyl (C=S) groups is 1. The average Bonchev–Trinajstić information content (AvgIpc) is 3.42. The molecule has 1 fully saturated rings. The summed E-state index contributed by atoms with van der Waals surface area (Å²) < 4.78 is 2.13. The number of hydrogen-bond acceptors (Lipinski definition) is 3. The van der Waals surface area contributed by atoms with Crippen molar-refractivity contribution < 1.29 is 4.79 Å². The van der Waals surface area contributed by atoms with Crippen molar-refractivity contribution in [1.29, 1.82) is 0 Å². The van der Waals surface area contributed by atoms with Crippen LogP contribution < -0.4 is 15.5 Å². The zero-order chi connectivity index (χ0) is 28.7. The second-order valence-electron chi connectivity index (χ2n) is 10.4. The normalized spacial score (nSPS) is 16.9. The summed E-state index contributed by atoms with van der Waals surface area (Å²) >= 11 is 19.0. The molecule has 0 aliphatic carbocycles. The number of amides is 1. The molecule has 2 aromatic heterocycles. The Kier molecular flexibility index (Phi) is 7.91. The average molecular weight is 593 g/mol. The number of carbonyl (C=O) groups is 1. The van der Waals surface area contributed by atoms with E-state index in [1.54, 1.807) is 12.3 Å². The number of halogens is 2. The number of aromatic nitrogens is 2. The molecule has 1 amide bonds. The van der Waals surface area contributed by atoms with Crippen LogP contribution in [0.3, 0.4) is 0 Å². The van der Waals surface area contributed by atoms with E-state index in [9.17, 15) is 4.79 Å². The van der Waals surface area contributed by atoms with Crippen molar-refractivity contribution in [3.63, 3.8) is 0 Å². The van der Waals surface area contributed by atoms with Crippen molar-refractivity contribution in [3.05, 3.63) is 105 Å². The molecular formula is C31H31Cl2N5OS. The van der Waals surface area contributed by atoms with Crippen molar-refractivity contribution in [2.24, 2.45) is 5.92 Å². The lowest BCUT2D eigenvalue weighted by Crippen LogP contribution is -2.29. The lowest BCUT2D eigenvalue weighted by molar-refractivity contribution is -0.118. The number of pyridine rings is 1. The summed E-state index contributed by atoms with van der Waals surface area (Å²) in [5.74, 6) is -0.129. The Balaban J connectivity index is 1.64. The van der Waals surface area contributed by atoms with Gasteiger partial charge in [0.2, 0.25) is 5.91 Å². The second kappa shape index (κ2) is 11.2. The van der Waals surface area contributed by atoms with Gasteiger partial charge in [-0.3, -0.25) is 9.78 Å². The summed E-state index contributed by atoms with van der Waals surface area (Å²) in [7, 11) is 0. The highest BCUT2D eigenvalue weighted by atomic mass is 35.5. The maximum atomic E-state index is 12.3. The van der Waals surface area contributed by atoms with Crippen molar-refractivity contribution in [3.8, 4) is 5.69 Å². The van der Waals surface area contributed by atoms with Gasteiger partial charge in [-0.15, -0.1) is 0 Å². The predicted octanol–water partition coefficient (Wildman–Crippen LogP) is 7.88. The molecule has 0 saturated carbocycles. The molecule has 6 nitrogen and oxygen atoms in total. The highest BCUT2D eigenvalue weighted by Crippen LogP contribution is 2.45. The number of hydrogen-bond donors (Lipinski definition) is 2. The number of nitrogens with zero attached hydrogens (tertiary/aromatic N) is 3. The van der Waals surface area contributed by atoms with Crippen molar-refractivity contribution in [1.82, 2.24) is 14.9 Å². The number of rotatable bonds is 6. The van der Waals surface area contributed by atoms with E-state index in [4.69, 9.17) is 35.4 Å². The van der Waals surface area contributed by atoms with Crippen LogP contribution in [-0.4, -0.2) is 20.6 Å². The third-order valence-corrected chi connectivity index (χ3v) is 8.45. The molecule has 2 atom stereocenters. The van der Waals surface area contributed by atoms with Crippen LogP contribution in [0.2, 0.25) is 10.0 Å². The minimum absolute atomic E-state index is 0.0191. The van der Waals surface area contributed by atoms with Gasteiger partial charge in [0.1, 0.15) is 0 Å². The molecule has 0 spiro atoms. The van der Waals surface area contributed by atoms with Gasteiger partial charge in [-0.1, -0.05) is 49.2 Å². The fourth-order valence-corrected chi connectivity index (χ4v) is 6.01. The van der Waals surface area contributed by atoms with Gasteiger partial charge in [0.15, 0.2) is 5.11 Å². The standard InChI is InChI=1S/C31H31Cl2N5OS/c1-17(2)30(39)35-24-13-12-21(15-18(24)3)38-29(28(36-31(38)40)25-10-6-7-14-34-25)22-16-19(4)37(20(22)5)26-11-8-9-23(32)27(26)33/h6-17,28-29H,1-5H3,(H,35,39)(H,36,40). The van der Waals surface area contributed by atoms with Gasteiger partial charge in [-0.25, -0.2) is 0 Å². The molecule has 1 saturated heterocycles. The molecule has 5 rings (SSSR count). The van der Waals surface area contributed by atoms with E-state index in [1.165, 1.54) is 0 Å². The third-order valence-electron chi connectivity index (χ3n) is 7.33. The molecule has 3 heterocycles. The molecule has 2 unspecified atom stereocenters. The summed E-state index contributed by atoms with van der Waals surface area (Å²) in [5.41, 5.74) is 7.51. The quantitative estimate of drug-likeness (QED) is 0.223. The zero-order valence-corrected chi connectivity index (χ0v) is 25.3. The molecule has 1 aliphatic heterocycles. The number of aryl methyl sites for hydroxylation is 2. The van der Waals surface area contributed by atoms with Crippen molar-refractivity contribution >= 4 is 57.8 Å². The highest BCUT2D eigenvalue weighted by molar-refractivity contribution is 7.80. The van der Waals surface area contributed by atoms with Crippen LogP contribution in [0.15, 0.2) is 66.9 Å². The van der Waals surface area contributed by atoms with E-state index >= 15 is 0 Å². The van der Waals surface area contributed by atoms with E-state index in [0.717, 1.165) is 45.3 Å². The molecular weight excluding hydrogens is 561 g/mol. The summed E-state index contributed by atoms with van der Waals surface area (Å²) in [6.07, 6.45) is 1.80. The van der Waals surface area contributed by atoms with E-state index < -0.39 is 0 Å². The van der Waals surface area contributed by atoms with Crippen molar-refractivity contribution in [2.75, 3.05) is 10.2 Å². The Morgan fingerprint density at radius 3 is 2.50 bits per heavy atom. The minimum atomic E-state index is -0.198. The first-order valence-corrected chi connectivity index (χ1v) is 14.3. The molecule has 9 heteroatoms. The summed E-state index contributed by atoms with van der Waals surface area (Å²) in [6.45, 7) is 9.89. The third kappa shape index (κ3) is 5.09. The van der Waals surface area contributed by atoms with Gasteiger partial charge in [0.25, 0.3) is 0 Å². The van der Waals surface area contributed by atoms with Gasteiger partial charge < -0.3 is 20.1 Å². The largest absolute Gasteiger partial charge is 0.351 e. The number of nitrogens with one attached hydrogen (secondary N) is 2. The number of benzene rings is 2. The Hall–Kier alpha value is -3.39. The maximum absolute atomic E-state index is 12.3. The maximum Gasteiger partial charge on any atom is 0.226 e. The molecule has 0 radical (unpaired) electrons. The number of carbonyl (C=O) groups excluding carboxylic acids is 1. The zero-order valence-electron chi connectivity index (χ0n) is 23.0. The van der Waals surface area contributed by atoms with Crippen LogP contribution in [0.1, 0.15) is 54.1 Å². The monoisotopic (exact) mass is 591 g/mol. The first-order valence-electron chi connectivity index (χ1n) is 13.1. The molecule has 206 valence electrons. The van der Waals surface area contributed by atoms with Crippen LogP contribution >= 0.6 is 35.4 Å². The lowest BCUT2D eigenvalue weighted by Gasteiger charge is -2.29.